The third-order valence-corrected chi connectivity index (χ3v) is 0.940. The predicted molar refractivity (Wildman–Crippen MR) is 43.6 cm³/mol. The van der Waals surface area contributed by atoms with Gasteiger partial charge in [0.25, 0.3) is 0 Å². The van der Waals surface area contributed by atoms with Crippen LogP contribution in [0.5, 0.6) is 0 Å². The first kappa shape index (κ1) is 12.2. The van der Waals surface area contributed by atoms with Crippen molar-refractivity contribution in [2.24, 2.45) is 10.7 Å². The zero-order valence-electron chi connectivity index (χ0n) is 7.56. The van der Waals surface area contributed by atoms with Crippen LogP contribution in [0.25, 0.3) is 0 Å². The summed E-state index contributed by atoms with van der Waals surface area (Å²) < 4.78 is 39.0. The third kappa shape index (κ3) is 9.13. The van der Waals surface area contributed by atoms with Crippen LogP contribution in [0.4, 0.5) is 13.2 Å². The minimum absolute atomic E-state index is 0.0329. The molecule has 0 aromatic rings. The number of hydrogen-bond acceptors (Lipinski definition) is 2. The van der Waals surface area contributed by atoms with Gasteiger partial charge in [0.1, 0.15) is 19.0 Å². The van der Waals surface area contributed by atoms with Gasteiger partial charge in [0.15, 0.2) is 0 Å². The van der Waals surface area contributed by atoms with Crippen LogP contribution in [0.15, 0.2) is 4.99 Å². The Morgan fingerprint density at radius 1 is 1.46 bits per heavy atom. The second-order valence-corrected chi connectivity index (χ2v) is 2.82. The van der Waals surface area contributed by atoms with E-state index in [1.165, 1.54) is 0 Å². The number of hydrogen-bond donors (Lipinski definition) is 1. The van der Waals surface area contributed by atoms with E-state index in [1.807, 2.05) is 0 Å². The van der Waals surface area contributed by atoms with Crippen LogP contribution >= 0.6 is 0 Å². The molecule has 6 heteroatoms. The van der Waals surface area contributed by atoms with Gasteiger partial charge in [-0.25, -0.2) is 0 Å². The molecule has 0 aliphatic heterocycles. The zero-order valence-corrected chi connectivity index (χ0v) is 7.56. The SMILES string of the molecule is CC(C)N=C(N)COCC(F)(F)F. The molecule has 0 atom stereocenters. The maximum absolute atomic E-state index is 11.6. The number of nitrogens with zero attached hydrogens (tertiary/aromatic N) is 1. The average Bonchev–Trinajstić information content (AvgIpc) is 1.81. The summed E-state index contributed by atoms with van der Waals surface area (Å²) in [5.74, 6) is 0.0826. The maximum Gasteiger partial charge on any atom is 0.411 e. The Morgan fingerprint density at radius 3 is 2.38 bits per heavy atom. The molecule has 0 radical (unpaired) electrons. The second kappa shape index (κ2) is 5.06. The summed E-state index contributed by atoms with van der Waals surface area (Å²) in [5, 5.41) is 0. The molecule has 0 heterocycles. The summed E-state index contributed by atoms with van der Waals surface area (Å²) in [5.41, 5.74) is 5.26. The normalized spacial score (nSPS) is 13.8. The first-order valence-corrected chi connectivity index (χ1v) is 3.78. The van der Waals surface area contributed by atoms with E-state index in [0.29, 0.717) is 0 Å². The molecule has 0 saturated heterocycles. The van der Waals surface area contributed by atoms with Crippen LogP contribution < -0.4 is 5.73 Å². The zero-order chi connectivity index (χ0) is 10.5. The van der Waals surface area contributed by atoms with Crippen LogP contribution in [0.1, 0.15) is 13.8 Å². The minimum atomic E-state index is -4.31. The van der Waals surface area contributed by atoms with Crippen molar-refractivity contribution in [1.29, 1.82) is 0 Å². The molecule has 0 fully saturated rings. The summed E-state index contributed by atoms with van der Waals surface area (Å²) in [7, 11) is 0. The van der Waals surface area contributed by atoms with Crippen LogP contribution in [-0.4, -0.2) is 31.3 Å². The van der Waals surface area contributed by atoms with E-state index < -0.39 is 12.8 Å². The fourth-order valence-electron chi connectivity index (χ4n) is 0.640. The molecule has 0 aromatic carbocycles. The van der Waals surface area contributed by atoms with Gasteiger partial charge < -0.3 is 10.5 Å². The molecule has 0 saturated carbocycles. The largest absolute Gasteiger partial charge is 0.411 e. The maximum atomic E-state index is 11.6. The van der Waals surface area contributed by atoms with Crippen molar-refractivity contribution in [3.05, 3.63) is 0 Å². The Bertz CT molecular complexity index is 177. The Kier molecular flexibility index (Phi) is 4.76. The summed E-state index contributed by atoms with van der Waals surface area (Å²) in [6.07, 6.45) is -4.31. The number of halogens is 3. The molecule has 0 aliphatic rings. The van der Waals surface area contributed by atoms with Gasteiger partial charge in [-0.15, -0.1) is 0 Å². The fraction of sp³-hybridized carbons (Fsp3) is 0.857. The summed E-state index contributed by atoms with van der Waals surface area (Å²) in [6.45, 7) is 1.98. The van der Waals surface area contributed by atoms with Crippen molar-refractivity contribution < 1.29 is 17.9 Å². The number of aliphatic imine (C=N–C) groups is 1. The Morgan fingerprint density at radius 2 is 2.00 bits per heavy atom. The lowest BCUT2D eigenvalue weighted by atomic mass is 10.4. The highest BCUT2D eigenvalue weighted by molar-refractivity contribution is 5.81. The third-order valence-electron chi connectivity index (χ3n) is 0.940. The van der Waals surface area contributed by atoms with Crippen molar-refractivity contribution in [3.63, 3.8) is 0 Å². The van der Waals surface area contributed by atoms with Gasteiger partial charge >= 0.3 is 6.18 Å². The first-order valence-electron chi connectivity index (χ1n) is 3.78. The Labute approximate surface area is 74.8 Å². The molecule has 2 N–H and O–H groups in total. The molecule has 0 unspecified atom stereocenters. The van der Waals surface area contributed by atoms with Crippen LogP contribution in [0.2, 0.25) is 0 Å². The monoisotopic (exact) mass is 198 g/mol. The fourth-order valence-corrected chi connectivity index (χ4v) is 0.640. The molecule has 3 nitrogen and oxygen atoms in total. The van der Waals surface area contributed by atoms with E-state index in [2.05, 4.69) is 9.73 Å². The average molecular weight is 198 g/mol. The molecule has 0 aromatic heterocycles. The van der Waals surface area contributed by atoms with Gasteiger partial charge in [0, 0.05) is 6.04 Å². The number of ether oxygens (including phenoxy) is 1. The smallest absolute Gasteiger partial charge is 0.386 e. The molecule has 0 spiro atoms. The minimum Gasteiger partial charge on any atom is -0.386 e. The van der Waals surface area contributed by atoms with Gasteiger partial charge in [0.05, 0.1) is 0 Å². The van der Waals surface area contributed by atoms with Crippen molar-refractivity contribution in [2.45, 2.75) is 26.1 Å². The molecule has 0 aliphatic carbocycles. The van der Waals surface area contributed by atoms with Crippen LogP contribution in [-0.2, 0) is 4.74 Å². The van der Waals surface area contributed by atoms with E-state index >= 15 is 0 Å². The standard InChI is InChI=1S/C7H13F3N2O/c1-5(2)12-6(11)3-13-4-7(8,9)10/h5H,3-4H2,1-2H3,(H2,11,12). The Balaban J connectivity index is 3.66. The highest BCUT2D eigenvalue weighted by Crippen LogP contribution is 2.13. The van der Waals surface area contributed by atoms with E-state index in [4.69, 9.17) is 5.73 Å². The topological polar surface area (TPSA) is 47.6 Å². The van der Waals surface area contributed by atoms with Gasteiger partial charge in [-0.1, -0.05) is 0 Å². The number of nitrogens with two attached hydrogens (primary N) is 1. The van der Waals surface area contributed by atoms with Gasteiger partial charge in [-0.3, -0.25) is 4.99 Å². The van der Waals surface area contributed by atoms with E-state index in [9.17, 15) is 13.2 Å². The van der Waals surface area contributed by atoms with Gasteiger partial charge in [0.2, 0.25) is 0 Å². The lowest BCUT2D eigenvalue weighted by Crippen LogP contribution is -2.25. The van der Waals surface area contributed by atoms with E-state index in [1.54, 1.807) is 13.8 Å². The molecule has 13 heavy (non-hydrogen) atoms. The molecule has 0 bridgehead atoms. The van der Waals surface area contributed by atoms with Crippen molar-refractivity contribution >= 4 is 5.84 Å². The first-order chi connectivity index (χ1) is 5.81. The van der Waals surface area contributed by atoms with Crippen molar-refractivity contribution in [3.8, 4) is 0 Å². The summed E-state index contributed by atoms with van der Waals surface area (Å²) in [6, 6.07) is -0.0329. The van der Waals surface area contributed by atoms with Crippen molar-refractivity contribution in [1.82, 2.24) is 0 Å². The predicted octanol–water partition coefficient (Wildman–Crippen LogP) is 1.33. The quantitative estimate of drug-likeness (QED) is 0.547. The highest BCUT2D eigenvalue weighted by Gasteiger charge is 2.27. The lowest BCUT2D eigenvalue weighted by molar-refractivity contribution is -0.170. The molecular weight excluding hydrogens is 185 g/mol. The number of amidine groups is 1. The number of rotatable bonds is 4. The lowest BCUT2D eigenvalue weighted by Gasteiger charge is -2.07. The summed E-state index contributed by atoms with van der Waals surface area (Å²) >= 11 is 0. The summed E-state index contributed by atoms with van der Waals surface area (Å²) in [4.78, 5) is 3.80. The highest BCUT2D eigenvalue weighted by atomic mass is 19.4. The Hall–Kier alpha value is -0.780. The number of alkyl halides is 3. The van der Waals surface area contributed by atoms with Gasteiger partial charge in [-0.2, -0.15) is 13.2 Å². The molecule has 0 amide bonds. The second-order valence-electron chi connectivity index (χ2n) is 2.82. The van der Waals surface area contributed by atoms with E-state index in [-0.39, 0.29) is 18.5 Å². The molecular formula is C7H13F3N2O. The molecule has 78 valence electrons. The van der Waals surface area contributed by atoms with Crippen molar-refractivity contribution in [2.75, 3.05) is 13.2 Å². The van der Waals surface area contributed by atoms with E-state index in [0.717, 1.165) is 0 Å². The van der Waals surface area contributed by atoms with Gasteiger partial charge in [-0.05, 0) is 13.8 Å². The van der Waals surface area contributed by atoms with Crippen LogP contribution in [0.3, 0.4) is 0 Å². The van der Waals surface area contributed by atoms with Crippen LogP contribution in [0, 0.1) is 0 Å². The molecule has 0 rings (SSSR count).